The molecule has 1 heterocycles. The predicted molar refractivity (Wildman–Crippen MR) is 84.6 cm³/mol. The van der Waals surface area contributed by atoms with Gasteiger partial charge in [0.05, 0.1) is 6.17 Å². The third-order valence-electron chi connectivity index (χ3n) is 4.77. The van der Waals surface area contributed by atoms with Crippen molar-refractivity contribution >= 4 is 5.91 Å². The lowest BCUT2D eigenvalue weighted by atomic mass is 9.85. The molecule has 2 aliphatic rings. The monoisotopic (exact) mass is 286 g/mol. The van der Waals surface area contributed by atoms with E-state index < -0.39 is 0 Å². The van der Waals surface area contributed by atoms with Gasteiger partial charge in [0.2, 0.25) is 5.91 Å². The van der Waals surface area contributed by atoms with Crippen LogP contribution in [0.25, 0.3) is 0 Å². The average Bonchev–Trinajstić information content (AvgIpc) is 2.71. The number of carbonyl (C=O) groups is 1. The molecule has 3 heteroatoms. The van der Waals surface area contributed by atoms with Crippen LogP contribution in [0, 0.1) is 11.8 Å². The maximum absolute atomic E-state index is 12.8. The summed E-state index contributed by atoms with van der Waals surface area (Å²) in [6.07, 6.45) is 5.13. The van der Waals surface area contributed by atoms with Gasteiger partial charge in [-0.25, -0.2) is 0 Å². The summed E-state index contributed by atoms with van der Waals surface area (Å²) >= 11 is 0. The van der Waals surface area contributed by atoms with Gasteiger partial charge in [-0.15, -0.1) is 0 Å². The normalized spacial score (nSPS) is 26.4. The number of rotatable bonds is 5. The molecule has 0 aromatic heterocycles. The Kier molecular flexibility index (Phi) is 4.29. The molecule has 1 saturated carbocycles. The molecular weight excluding hydrogens is 260 g/mol. The van der Waals surface area contributed by atoms with Crippen molar-refractivity contribution in [1.29, 1.82) is 0 Å². The van der Waals surface area contributed by atoms with E-state index in [9.17, 15) is 4.79 Å². The second-order valence-electron chi connectivity index (χ2n) is 6.94. The van der Waals surface area contributed by atoms with Crippen LogP contribution in [0.15, 0.2) is 30.3 Å². The highest BCUT2D eigenvalue weighted by Gasteiger charge is 2.40. The Morgan fingerprint density at radius 3 is 2.52 bits per heavy atom. The predicted octanol–water partition coefficient (Wildman–Crippen LogP) is 3.33. The van der Waals surface area contributed by atoms with Crippen LogP contribution in [0.4, 0.5) is 0 Å². The van der Waals surface area contributed by atoms with E-state index >= 15 is 0 Å². The van der Waals surface area contributed by atoms with Crippen LogP contribution in [0.5, 0.6) is 0 Å². The Balaban J connectivity index is 1.76. The summed E-state index contributed by atoms with van der Waals surface area (Å²) < 4.78 is 0. The maximum atomic E-state index is 12.8. The maximum Gasteiger partial charge on any atom is 0.245 e. The van der Waals surface area contributed by atoms with Crippen LogP contribution in [-0.2, 0) is 4.79 Å². The second kappa shape index (κ2) is 6.18. The number of nitrogens with zero attached hydrogens (tertiary/aromatic N) is 1. The van der Waals surface area contributed by atoms with Gasteiger partial charge in [0.25, 0.3) is 0 Å². The molecule has 1 saturated heterocycles. The van der Waals surface area contributed by atoms with Gasteiger partial charge in [-0.3, -0.25) is 10.1 Å². The second-order valence-corrected chi connectivity index (χ2v) is 6.94. The number of carbonyl (C=O) groups excluding carboxylic acids is 1. The Morgan fingerprint density at radius 1 is 1.24 bits per heavy atom. The van der Waals surface area contributed by atoms with Crippen molar-refractivity contribution in [3.8, 4) is 0 Å². The van der Waals surface area contributed by atoms with Crippen LogP contribution in [0.3, 0.4) is 0 Å². The minimum absolute atomic E-state index is 0.157. The standard InChI is InChI=1S/C18H26N2O/c1-13(2)11-16-19-17(15-9-4-3-5-10-15)18(21)20(16)12-14-7-6-8-14/h3-5,9-10,13-14,16-17,19H,6-8,11-12H2,1-2H3. The zero-order chi connectivity index (χ0) is 14.8. The Hall–Kier alpha value is -1.35. The lowest BCUT2D eigenvalue weighted by Gasteiger charge is -2.33. The molecule has 2 unspecified atom stereocenters. The first kappa shape index (κ1) is 14.6. The molecule has 1 aromatic carbocycles. The highest BCUT2D eigenvalue weighted by molar-refractivity contribution is 5.85. The van der Waals surface area contributed by atoms with E-state index in [-0.39, 0.29) is 18.1 Å². The molecule has 1 N–H and O–H groups in total. The van der Waals surface area contributed by atoms with Gasteiger partial charge in [0.1, 0.15) is 6.04 Å². The molecular formula is C18H26N2O. The van der Waals surface area contributed by atoms with E-state index in [1.807, 2.05) is 18.2 Å². The summed E-state index contributed by atoms with van der Waals surface area (Å²) in [4.78, 5) is 14.9. The topological polar surface area (TPSA) is 32.3 Å². The van der Waals surface area contributed by atoms with Gasteiger partial charge in [-0.05, 0) is 36.7 Å². The van der Waals surface area contributed by atoms with E-state index in [4.69, 9.17) is 0 Å². The Bertz CT molecular complexity index is 481. The summed E-state index contributed by atoms with van der Waals surface area (Å²) in [5.41, 5.74) is 1.09. The van der Waals surface area contributed by atoms with Crippen molar-refractivity contribution in [3.63, 3.8) is 0 Å². The van der Waals surface area contributed by atoms with Gasteiger partial charge in [0, 0.05) is 6.54 Å². The number of hydrogen-bond acceptors (Lipinski definition) is 2. The first-order valence-electron chi connectivity index (χ1n) is 8.26. The first-order chi connectivity index (χ1) is 10.1. The van der Waals surface area contributed by atoms with Crippen molar-refractivity contribution in [2.45, 2.75) is 51.7 Å². The third kappa shape index (κ3) is 3.13. The summed E-state index contributed by atoms with van der Waals surface area (Å²) in [5.74, 6) is 1.58. The molecule has 2 atom stereocenters. The largest absolute Gasteiger partial charge is 0.325 e. The lowest BCUT2D eigenvalue weighted by molar-refractivity contribution is -0.131. The number of amides is 1. The van der Waals surface area contributed by atoms with Gasteiger partial charge in [0.15, 0.2) is 0 Å². The van der Waals surface area contributed by atoms with Crippen molar-refractivity contribution in [1.82, 2.24) is 10.2 Å². The first-order valence-corrected chi connectivity index (χ1v) is 8.26. The van der Waals surface area contributed by atoms with E-state index in [1.165, 1.54) is 19.3 Å². The van der Waals surface area contributed by atoms with Crippen LogP contribution in [0.1, 0.15) is 51.1 Å². The zero-order valence-corrected chi connectivity index (χ0v) is 13.1. The Morgan fingerprint density at radius 2 is 1.95 bits per heavy atom. The number of nitrogens with one attached hydrogen (secondary N) is 1. The number of hydrogen-bond donors (Lipinski definition) is 1. The van der Waals surface area contributed by atoms with E-state index in [1.54, 1.807) is 0 Å². The molecule has 1 amide bonds. The summed E-state index contributed by atoms with van der Waals surface area (Å²) in [6.45, 7) is 5.39. The molecule has 1 aliphatic heterocycles. The van der Waals surface area contributed by atoms with Gasteiger partial charge in [-0.2, -0.15) is 0 Å². The lowest BCUT2D eigenvalue weighted by Crippen LogP contribution is -2.42. The fourth-order valence-corrected chi connectivity index (χ4v) is 3.37. The molecule has 3 nitrogen and oxygen atoms in total. The molecule has 21 heavy (non-hydrogen) atoms. The van der Waals surface area contributed by atoms with Crippen molar-refractivity contribution in [2.24, 2.45) is 11.8 Å². The van der Waals surface area contributed by atoms with Gasteiger partial charge in [-0.1, -0.05) is 50.6 Å². The smallest absolute Gasteiger partial charge is 0.245 e. The Labute approximate surface area is 127 Å². The van der Waals surface area contributed by atoms with Gasteiger partial charge >= 0.3 is 0 Å². The minimum Gasteiger partial charge on any atom is -0.325 e. The molecule has 0 radical (unpaired) electrons. The average molecular weight is 286 g/mol. The highest BCUT2D eigenvalue weighted by Crippen LogP contribution is 2.32. The molecule has 114 valence electrons. The van der Waals surface area contributed by atoms with E-state index in [0.717, 1.165) is 24.4 Å². The van der Waals surface area contributed by atoms with Crippen LogP contribution in [0.2, 0.25) is 0 Å². The SMILES string of the molecule is CC(C)CC1NC(c2ccccc2)C(=O)N1CC1CCC1. The van der Waals surface area contributed by atoms with E-state index in [2.05, 4.69) is 36.2 Å². The quantitative estimate of drug-likeness (QED) is 0.900. The minimum atomic E-state index is -0.157. The zero-order valence-electron chi connectivity index (χ0n) is 13.1. The summed E-state index contributed by atoms with van der Waals surface area (Å²) in [6, 6.07) is 9.96. The van der Waals surface area contributed by atoms with Crippen molar-refractivity contribution in [3.05, 3.63) is 35.9 Å². The molecule has 0 bridgehead atoms. The fourth-order valence-electron chi connectivity index (χ4n) is 3.37. The fraction of sp³-hybridized carbons (Fsp3) is 0.611. The van der Waals surface area contributed by atoms with Crippen LogP contribution >= 0.6 is 0 Å². The van der Waals surface area contributed by atoms with E-state index in [0.29, 0.717) is 5.92 Å². The molecule has 3 rings (SSSR count). The van der Waals surface area contributed by atoms with Crippen molar-refractivity contribution in [2.75, 3.05) is 6.54 Å². The summed E-state index contributed by atoms with van der Waals surface area (Å²) in [7, 11) is 0. The summed E-state index contributed by atoms with van der Waals surface area (Å²) in [5, 5.41) is 3.57. The van der Waals surface area contributed by atoms with Gasteiger partial charge < -0.3 is 4.90 Å². The van der Waals surface area contributed by atoms with Crippen molar-refractivity contribution < 1.29 is 4.79 Å². The molecule has 1 aliphatic carbocycles. The third-order valence-corrected chi connectivity index (χ3v) is 4.77. The highest BCUT2D eigenvalue weighted by atomic mass is 16.2. The molecule has 1 aromatic rings. The molecule has 2 fully saturated rings. The van der Waals surface area contributed by atoms with Crippen LogP contribution in [-0.4, -0.2) is 23.5 Å². The van der Waals surface area contributed by atoms with Crippen LogP contribution < -0.4 is 5.32 Å². The molecule has 0 spiro atoms. The number of benzene rings is 1.